The Balaban J connectivity index is 1.53. The molecule has 1 aromatic carbocycles. The summed E-state index contributed by atoms with van der Waals surface area (Å²) in [5.74, 6) is 0.941. The summed E-state index contributed by atoms with van der Waals surface area (Å²) in [6.07, 6.45) is 11.1. The molecule has 1 heterocycles. The molecule has 1 aliphatic heterocycles. The Labute approximate surface area is 130 Å². The van der Waals surface area contributed by atoms with Crippen LogP contribution in [0.5, 0.6) is 0 Å². The van der Waals surface area contributed by atoms with Gasteiger partial charge in [-0.25, -0.2) is 0 Å². The molecule has 1 aromatic rings. The third-order valence-corrected chi connectivity index (χ3v) is 5.72. The first-order chi connectivity index (χ1) is 10.3. The van der Waals surface area contributed by atoms with Gasteiger partial charge in [-0.15, -0.1) is 0 Å². The van der Waals surface area contributed by atoms with Crippen molar-refractivity contribution in [3.8, 4) is 0 Å². The summed E-state index contributed by atoms with van der Waals surface area (Å²) in [6.45, 7) is 7.24. The molecular formula is C20H31N. The van der Waals surface area contributed by atoms with Gasteiger partial charge in [0.15, 0.2) is 0 Å². The highest BCUT2D eigenvalue weighted by molar-refractivity contribution is 5.31. The highest BCUT2D eigenvalue weighted by Gasteiger charge is 2.29. The Morgan fingerprint density at radius 1 is 1.10 bits per heavy atom. The van der Waals surface area contributed by atoms with Gasteiger partial charge in [-0.2, -0.15) is 0 Å². The fraction of sp³-hybridized carbons (Fsp3) is 0.700. The second kappa shape index (κ2) is 6.96. The van der Waals surface area contributed by atoms with Crippen molar-refractivity contribution in [2.75, 3.05) is 13.1 Å². The van der Waals surface area contributed by atoms with Crippen LogP contribution in [0.1, 0.15) is 62.1 Å². The first-order valence-corrected chi connectivity index (χ1v) is 9.08. The van der Waals surface area contributed by atoms with E-state index in [1.807, 2.05) is 0 Å². The quantitative estimate of drug-likeness (QED) is 0.754. The Bertz CT molecular complexity index is 459. The lowest BCUT2D eigenvalue weighted by Crippen LogP contribution is -2.30. The average Bonchev–Trinajstić information content (AvgIpc) is 3.16. The molecule has 0 spiro atoms. The van der Waals surface area contributed by atoms with Gasteiger partial charge in [-0.1, -0.05) is 43.5 Å². The van der Waals surface area contributed by atoms with Crippen LogP contribution < -0.4 is 0 Å². The number of benzene rings is 1. The maximum Gasteiger partial charge on any atom is 0.00953 e. The van der Waals surface area contributed by atoms with Crippen LogP contribution in [0.3, 0.4) is 0 Å². The van der Waals surface area contributed by atoms with Crippen LogP contribution in [0, 0.1) is 12.8 Å². The van der Waals surface area contributed by atoms with Crippen molar-refractivity contribution in [1.29, 1.82) is 0 Å². The molecule has 1 nitrogen and oxygen atoms in total. The number of hydrogen-bond acceptors (Lipinski definition) is 1. The zero-order valence-electron chi connectivity index (χ0n) is 13.9. The molecule has 3 rings (SSSR count). The Hall–Kier alpha value is -0.820. The van der Waals surface area contributed by atoms with E-state index in [2.05, 4.69) is 36.9 Å². The van der Waals surface area contributed by atoms with E-state index in [0.717, 1.165) is 12.0 Å². The Morgan fingerprint density at radius 2 is 1.90 bits per heavy atom. The molecule has 21 heavy (non-hydrogen) atoms. The van der Waals surface area contributed by atoms with Gasteiger partial charge in [0.05, 0.1) is 0 Å². The maximum atomic E-state index is 2.80. The molecule has 1 atom stereocenters. The fourth-order valence-electron chi connectivity index (χ4n) is 4.39. The van der Waals surface area contributed by atoms with E-state index in [4.69, 9.17) is 0 Å². The van der Waals surface area contributed by atoms with E-state index in [-0.39, 0.29) is 0 Å². The topological polar surface area (TPSA) is 3.24 Å². The number of aryl methyl sites for hydroxylation is 3. The number of hydrogen-bond donors (Lipinski definition) is 0. The van der Waals surface area contributed by atoms with Crippen LogP contribution in [0.4, 0.5) is 0 Å². The van der Waals surface area contributed by atoms with Crippen LogP contribution in [0.2, 0.25) is 0 Å². The van der Waals surface area contributed by atoms with E-state index >= 15 is 0 Å². The third kappa shape index (κ3) is 3.69. The molecule has 0 aromatic heterocycles. The van der Waals surface area contributed by atoms with Gasteiger partial charge in [0.25, 0.3) is 0 Å². The zero-order chi connectivity index (χ0) is 14.7. The average molecular weight is 285 g/mol. The predicted octanol–water partition coefficient (Wildman–Crippen LogP) is 4.75. The van der Waals surface area contributed by atoms with Gasteiger partial charge in [-0.3, -0.25) is 0 Å². The van der Waals surface area contributed by atoms with Gasteiger partial charge < -0.3 is 4.90 Å². The van der Waals surface area contributed by atoms with Crippen molar-refractivity contribution in [3.05, 3.63) is 34.9 Å². The molecule has 0 N–H and O–H groups in total. The van der Waals surface area contributed by atoms with Crippen molar-refractivity contribution >= 4 is 0 Å². The maximum absolute atomic E-state index is 2.80. The second-order valence-corrected chi connectivity index (χ2v) is 7.25. The molecule has 1 heteroatoms. The first kappa shape index (κ1) is 15.1. The summed E-state index contributed by atoms with van der Waals surface area (Å²) < 4.78 is 0. The smallest absolute Gasteiger partial charge is 0.00953 e. The molecule has 0 bridgehead atoms. The summed E-state index contributed by atoms with van der Waals surface area (Å²) in [5, 5.41) is 0. The Kier molecular flexibility index (Phi) is 5.00. The Morgan fingerprint density at radius 3 is 2.67 bits per heavy atom. The number of rotatable bonds is 5. The molecule has 2 aliphatic rings. The van der Waals surface area contributed by atoms with Crippen LogP contribution in [-0.4, -0.2) is 24.0 Å². The third-order valence-electron chi connectivity index (χ3n) is 5.72. The van der Waals surface area contributed by atoms with Gasteiger partial charge in [0, 0.05) is 12.6 Å². The highest BCUT2D eigenvalue weighted by Crippen LogP contribution is 2.30. The lowest BCUT2D eigenvalue weighted by atomic mass is 9.94. The molecule has 1 saturated carbocycles. The molecule has 0 amide bonds. The van der Waals surface area contributed by atoms with Gasteiger partial charge in [0.2, 0.25) is 0 Å². The van der Waals surface area contributed by atoms with E-state index in [1.165, 1.54) is 70.0 Å². The molecule has 1 aliphatic carbocycles. The molecule has 1 unspecified atom stereocenters. The van der Waals surface area contributed by atoms with Gasteiger partial charge in [0.1, 0.15) is 0 Å². The van der Waals surface area contributed by atoms with Crippen molar-refractivity contribution in [3.63, 3.8) is 0 Å². The monoisotopic (exact) mass is 285 g/mol. The summed E-state index contributed by atoms with van der Waals surface area (Å²) in [5.41, 5.74) is 4.59. The van der Waals surface area contributed by atoms with Crippen molar-refractivity contribution in [2.45, 2.75) is 71.3 Å². The van der Waals surface area contributed by atoms with Crippen LogP contribution in [0.25, 0.3) is 0 Å². The van der Waals surface area contributed by atoms with E-state index in [0.29, 0.717) is 0 Å². The van der Waals surface area contributed by atoms with Crippen LogP contribution >= 0.6 is 0 Å². The summed E-state index contributed by atoms with van der Waals surface area (Å²) in [6, 6.07) is 7.95. The SMILES string of the molecule is CCc1ccc(C)cc1CCC1CCN(C2CCCC2)C1. The molecular weight excluding hydrogens is 254 g/mol. The van der Waals surface area contributed by atoms with Gasteiger partial charge >= 0.3 is 0 Å². The van der Waals surface area contributed by atoms with Crippen LogP contribution in [0.15, 0.2) is 18.2 Å². The molecule has 116 valence electrons. The molecule has 0 radical (unpaired) electrons. The summed E-state index contributed by atoms with van der Waals surface area (Å²) >= 11 is 0. The summed E-state index contributed by atoms with van der Waals surface area (Å²) in [4.78, 5) is 2.80. The number of nitrogens with zero attached hydrogens (tertiary/aromatic N) is 1. The standard InChI is InChI=1S/C20H31N/c1-3-18-10-8-16(2)14-19(18)11-9-17-12-13-21(15-17)20-6-4-5-7-20/h8,10,14,17,20H,3-7,9,11-13,15H2,1-2H3. The largest absolute Gasteiger partial charge is 0.300 e. The highest BCUT2D eigenvalue weighted by atomic mass is 15.2. The van der Waals surface area contributed by atoms with E-state index < -0.39 is 0 Å². The van der Waals surface area contributed by atoms with Crippen LogP contribution in [-0.2, 0) is 12.8 Å². The predicted molar refractivity (Wildman–Crippen MR) is 90.8 cm³/mol. The number of likely N-dealkylation sites (tertiary alicyclic amines) is 1. The lowest BCUT2D eigenvalue weighted by molar-refractivity contribution is 0.236. The first-order valence-electron chi connectivity index (χ1n) is 9.08. The van der Waals surface area contributed by atoms with Crippen molar-refractivity contribution in [2.24, 2.45) is 5.92 Å². The minimum atomic E-state index is 0.931. The lowest BCUT2D eigenvalue weighted by Gasteiger charge is -2.23. The zero-order valence-corrected chi connectivity index (χ0v) is 13.9. The molecule has 1 saturated heterocycles. The normalized spacial score (nSPS) is 24.0. The molecule has 2 fully saturated rings. The second-order valence-electron chi connectivity index (χ2n) is 7.25. The summed E-state index contributed by atoms with van der Waals surface area (Å²) in [7, 11) is 0. The van der Waals surface area contributed by atoms with E-state index in [9.17, 15) is 0 Å². The van der Waals surface area contributed by atoms with Crippen molar-refractivity contribution < 1.29 is 0 Å². The van der Waals surface area contributed by atoms with E-state index in [1.54, 1.807) is 11.1 Å². The fourth-order valence-corrected chi connectivity index (χ4v) is 4.39. The minimum Gasteiger partial charge on any atom is -0.300 e. The van der Waals surface area contributed by atoms with Crippen molar-refractivity contribution in [1.82, 2.24) is 4.90 Å². The van der Waals surface area contributed by atoms with Gasteiger partial charge in [-0.05, 0) is 69.0 Å². The minimum absolute atomic E-state index is 0.931.